The van der Waals surface area contributed by atoms with Crippen LogP contribution in [0.4, 0.5) is 0 Å². The topological polar surface area (TPSA) is 77.5 Å². The van der Waals surface area contributed by atoms with Crippen LogP contribution in [0.2, 0.25) is 0 Å². The van der Waals surface area contributed by atoms with Gasteiger partial charge in [0, 0.05) is 62.2 Å². The Morgan fingerprint density at radius 2 is 1.38 bits per heavy atom. The first-order valence-corrected chi connectivity index (χ1v) is 11.9. The van der Waals surface area contributed by atoms with Crippen molar-refractivity contribution >= 4 is 60.6 Å². The summed E-state index contributed by atoms with van der Waals surface area (Å²) in [5.74, 6) is -2.66. The molecule has 0 aromatic rings. The Bertz CT molecular complexity index is 309. The maximum absolute atomic E-state index is 11.0. The molecule has 5 nitrogen and oxygen atoms in total. The fourth-order valence-electron chi connectivity index (χ4n) is 0.564. The van der Waals surface area contributed by atoms with E-state index in [0.717, 1.165) is 0 Å². The minimum atomic E-state index is -0.930. The summed E-state index contributed by atoms with van der Waals surface area (Å²) in [5, 5.41) is 0. The number of rotatable bonds is 5. The van der Waals surface area contributed by atoms with Gasteiger partial charge in [-0.2, -0.15) is 0 Å². The zero-order chi connectivity index (χ0) is 16.0. The third kappa shape index (κ3) is 22.9. The van der Waals surface area contributed by atoms with E-state index >= 15 is 0 Å². The SMILES string of the molecule is C.CCC(C)=O.CCOC(=O)C(=O)C(C)C(C)=O.II.[V]. The van der Waals surface area contributed by atoms with E-state index in [1.807, 2.05) is 6.92 Å². The molecule has 125 valence electrons. The van der Waals surface area contributed by atoms with Crippen molar-refractivity contribution in [3.8, 4) is 0 Å². The van der Waals surface area contributed by atoms with Crippen molar-refractivity contribution in [2.45, 2.75) is 48.5 Å². The van der Waals surface area contributed by atoms with Crippen LogP contribution >= 0.6 is 37.2 Å². The van der Waals surface area contributed by atoms with Crippen molar-refractivity contribution in [2.75, 3.05) is 6.61 Å². The predicted octanol–water partition coefficient (Wildman–Crippen LogP) is 3.73. The van der Waals surface area contributed by atoms with Crippen molar-refractivity contribution < 1.29 is 42.5 Å². The van der Waals surface area contributed by atoms with Gasteiger partial charge in [-0.25, -0.2) is 4.79 Å². The van der Waals surface area contributed by atoms with E-state index in [4.69, 9.17) is 0 Å². The van der Waals surface area contributed by atoms with Crippen molar-refractivity contribution in [1.82, 2.24) is 0 Å². The van der Waals surface area contributed by atoms with Crippen molar-refractivity contribution in [1.29, 1.82) is 0 Å². The molecule has 0 fully saturated rings. The Balaban J connectivity index is -0.0000000813. The molecular weight excluding hydrogens is 541 g/mol. The Labute approximate surface area is 162 Å². The zero-order valence-corrected chi connectivity index (χ0v) is 17.9. The average molecular weight is 565 g/mol. The molecule has 0 aliphatic heterocycles. The Morgan fingerprint density at radius 3 is 1.57 bits per heavy atom. The fraction of sp³-hybridized carbons (Fsp3) is 0.692. The third-order valence-electron chi connectivity index (χ3n) is 1.98. The van der Waals surface area contributed by atoms with Crippen LogP contribution in [-0.2, 0) is 42.5 Å². The fourth-order valence-corrected chi connectivity index (χ4v) is 0.564. The van der Waals surface area contributed by atoms with E-state index in [9.17, 15) is 19.2 Å². The summed E-state index contributed by atoms with van der Waals surface area (Å²) in [4.78, 5) is 42.2. The van der Waals surface area contributed by atoms with E-state index < -0.39 is 17.7 Å². The summed E-state index contributed by atoms with van der Waals surface area (Å²) < 4.78 is 4.43. The summed E-state index contributed by atoms with van der Waals surface area (Å²) in [6.07, 6.45) is 0.667. The average Bonchev–Trinajstić information content (AvgIpc) is 2.40. The van der Waals surface area contributed by atoms with Gasteiger partial charge in [-0.15, -0.1) is 0 Å². The molecule has 0 aromatic carbocycles. The molecule has 0 aromatic heterocycles. The van der Waals surface area contributed by atoms with Gasteiger partial charge in [0.05, 0.1) is 12.5 Å². The van der Waals surface area contributed by atoms with Crippen LogP contribution in [-0.4, -0.2) is 29.9 Å². The van der Waals surface area contributed by atoms with Gasteiger partial charge in [-0.05, 0) is 27.7 Å². The number of esters is 1. The Kier molecular flexibility index (Phi) is 36.1. The second kappa shape index (κ2) is 22.8. The molecule has 0 aliphatic carbocycles. The first-order valence-electron chi connectivity index (χ1n) is 5.62. The molecule has 0 heterocycles. The number of hydrogen-bond donors (Lipinski definition) is 0. The standard InChI is InChI=1S/C8H12O4.C4H8O.CH4.I2.V/c1-4-12-8(11)7(10)5(2)6(3)9;1-3-4(2)5;;1-2;/h5H,4H2,1-3H3;3H2,1-2H3;1H4;;. The molecule has 1 atom stereocenters. The second-order valence-electron chi connectivity index (χ2n) is 3.47. The van der Waals surface area contributed by atoms with Crippen molar-refractivity contribution in [2.24, 2.45) is 5.92 Å². The number of hydrogen-bond acceptors (Lipinski definition) is 5. The van der Waals surface area contributed by atoms with Gasteiger partial charge in [0.25, 0.3) is 0 Å². The largest absolute Gasteiger partial charge is 0.460 e. The van der Waals surface area contributed by atoms with E-state index in [1.165, 1.54) is 13.8 Å². The third-order valence-corrected chi connectivity index (χ3v) is 1.98. The number of halogens is 2. The van der Waals surface area contributed by atoms with Gasteiger partial charge in [-0.3, -0.25) is 9.59 Å². The van der Waals surface area contributed by atoms with Gasteiger partial charge in [0.1, 0.15) is 11.6 Å². The molecule has 0 rings (SSSR count). The maximum atomic E-state index is 11.0. The molecular formula is C13H24I2O5V. The van der Waals surface area contributed by atoms with E-state index in [0.29, 0.717) is 6.42 Å². The zero-order valence-electron chi connectivity index (χ0n) is 12.2. The monoisotopic (exact) mass is 565 g/mol. The number of ketones is 3. The number of ether oxygens (including phenoxy) is 1. The smallest absolute Gasteiger partial charge is 0.375 e. The first-order chi connectivity index (χ1) is 8.77. The summed E-state index contributed by atoms with van der Waals surface area (Å²) >= 11 is 4.24. The molecule has 8 heteroatoms. The molecule has 0 saturated heterocycles. The Hall–Kier alpha value is 0.524. The maximum Gasteiger partial charge on any atom is 0.375 e. The molecule has 0 aliphatic rings. The number of carbonyl (C=O) groups is 4. The van der Waals surface area contributed by atoms with Crippen LogP contribution in [0.5, 0.6) is 0 Å². The van der Waals surface area contributed by atoms with Gasteiger partial charge in [-0.1, -0.05) is 14.4 Å². The molecule has 21 heavy (non-hydrogen) atoms. The van der Waals surface area contributed by atoms with Gasteiger partial charge >= 0.3 is 5.97 Å². The van der Waals surface area contributed by atoms with Crippen LogP contribution < -0.4 is 0 Å². The number of carbonyl (C=O) groups excluding carboxylic acids is 4. The van der Waals surface area contributed by atoms with Crippen LogP contribution in [0.3, 0.4) is 0 Å². The quantitative estimate of drug-likeness (QED) is 0.220. The molecule has 0 spiro atoms. The van der Waals surface area contributed by atoms with E-state index in [-0.39, 0.29) is 44.2 Å². The van der Waals surface area contributed by atoms with Crippen LogP contribution in [0, 0.1) is 5.92 Å². The summed E-state index contributed by atoms with van der Waals surface area (Å²) in [6, 6.07) is 0. The summed E-state index contributed by atoms with van der Waals surface area (Å²) in [6.45, 7) is 7.84. The molecule has 0 N–H and O–H groups in total. The van der Waals surface area contributed by atoms with E-state index in [2.05, 4.69) is 42.0 Å². The van der Waals surface area contributed by atoms with Gasteiger partial charge in [0.15, 0.2) is 0 Å². The summed E-state index contributed by atoms with van der Waals surface area (Å²) in [5.41, 5.74) is 0. The Morgan fingerprint density at radius 1 is 1.05 bits per heavy atom. The minimum absolute atomic E-state index is 0. The molecule has 0 amide bonds. The molecule has 0 bridgehead atoms. The predicted molar refractivity (Wildman–Crippen MR) is 97.2 cm³/mol. The minimum Gasteiger partial charge on any atom is -0.460 e. The van der Waals surface area contributed by atoms with E-state index in [1.54, 1.807) is 13.8 Å². The van der Waals surface area contributed by atoms with Crippen LogP contribution in [0.1, 0.15) is 48.5 Å². The van der Waals surface area contributed by atoms with Crippen molar-refractivity contribution in [3.63, 3.8) is 0 Å². The molecule has 1 radical (unpaired) electrons. The second-order valence-corrected chi connectivity index (χ2v) is 3.47. The van der Waals surface area contributed by atoms with Gasteiger partial charge < -0.3 is 9.53 Å². The van der Waals surface area contributed by atoms with Crippen LogP contribution in [0.15, 0.2) is 0 Å². The van der Waals surface area contributed by atoms with Crippen LogP contribution in [0.25, 0.3) is 0 Å². The number of Topliss-reactive ketones (excluding diaryl/α,β-unsaturated/α-hetero) is 3. The first kappa shape index (κ1) is 33.2. The summed E-state index contributed by atoms with van der Waals surface area (Å²) in [7, 11) is 0. The molecule has 0 saturated carbocycles. The molecule has 1 unspecified atom stereocenters. The normalized spacial score (nSPS) is 8.90. The van der Waals surface area contributed by atoms with Gasteiger partial charge in [0.2, 0.25) is 5.78 Å². The van der Waals surface area contributed by atoms with Crippen molar-refractivity contribution in [3.05, 3.63) is 0 Å².